The van der Waals surface area contributed by atoms with Crippen LogP contribution in [0.5, 0.6) is 5.75 Å². The van der Waals surface area contributed by atoms with Gasteiger partial charge in [0, 0.05) is 7.05 Å². The van der Waals surface area contributed by atoms with Crippen molar-refractivity contribution >= 4 is 18.1 Å². The predicted molar refractivity (Wildman–Crippen MR) is 87.1 cm³/mol. The smallest absolute Gasteiger partial charge is 0.411 e. The van der Waals surface area contributed by atoms with Crippen LogP contribution >= 0.6 is 0 Å². The number of aldehydes is 1. The molecule has 0 aliphatic carbocycles. The largest absolute Gasteiger partial charge is 0.490 e. The van der Waals surface area contributed by atoms with E-state index in [4.69, 9.17) is 9.47 Å². The normalized spacial score (nSPS) is 13.6. The number of hydrogen-bond acceptors (Lipinski definition) is 6. The van der Waals surface area contributed by atoms with E-state index in [0.29, 0.717) is 6.29 Å². The topological polar surface area (TPSA) is 99.0 Å². The van der Waals surface area contributed by atoms with E-state index in [2.05, 4.69) is 0 Å². The van der Waals surface area contributed by atoms with Crippen molar-refractivity contribution in [2.75, 3.05) is 14.2 Å². The quantitative estimate of drug-likeness (QED) is 0.465. The molecule has 1 aromatic carbocycles. The second-order valence-corrected chi connectivity index (χ2v) is 6.42. The van der Waals surface area contributed by atoms with Gasteiger partial charge in [-0.2, -0.15) is 0 Å². The highest BCUT2D eigenvalue weighted by Crippen LogP contribution is 2.39. The maximum absolute atomic E-state index is 12.3. The number of hydrogen-bond donors (Lipinski definition) is 0. The molecule has 0 bridgehead atoms. The standard InChI is InChI=1S/C16H22N2O6/c1-15(2,3)24-14(20)17(5)16(4,10-19)11-8-7-9-12(23-6)13(11)18(21)22/h7-10H,1-6H3. The van der Waals surface area contributed by atoms with Crippen LogP contribution in [0.4, 0.5) is 10.5 Å². The van der Waals surface area contributed by atoms with Crippen molar-refractivity contribution in [3.8, 4) is 5.75 Å². The molecule has 1 atom stereocenters. The van der Waals surface area contributed by atoms with Crippen LogP contribution in [0.2, 0.25) is 0 Å². The Balaban J connectivity index is 3.46. The Morgan fingerprint density at radius 3 is 2.29 bits per heavy atom. The minimum Gasteiger partial charge on any atom is -0.490 e. The summed E-state index contributed by atoms with van der Waals surface area (Å²) < 4.78 is 10.3. The summed E-state index contributed by atoms with van der Waals surface area (Å²) >= 11 is 0. The highest BCUT2D eigenvalue weighted by molar-refractivity contribution is 5.80. The monoisotopic (exact) mass is 338 g/mol. The van der Waals surface area contributed by atoms with Crippen molar-refractivity contribution in [3.05, 3.63) is 33.9 Å². The lowest BCUT2D eigenvalue weighted by Crippen LogP contribution is -2.48. The average molecular weight is 338 g/mol. The third kappa shape index (κ3) is 3.81. The van der Waals surface area contributed by atoms with Crippen molar-refractivity contribution in [2.24, 2.45) is 0 Å². The number of amides is 1. The molecule has 0 radical (unpaired) electrons. The lowest BCUT2D eigenvalue weighted by molar-refractivity contribution is -0.387. The first-order chi connectivity index (χ1) is 11.0. The number of nitro benzene ring substituents is 1. The third-order valence-electron chi connectivity index (χ3n) is 3.54. The molecule has 132 valence electrons. The summed E-state index contributed by atoms with van der Waals surface area (Å²) in [5, 5.41) is 11.5. The van der Waals surface area contributed by atoms with Gasteiger partial charge in [-0.15, -0.1) is 0 Å². The first kappa shape index (κ1) is 19.4. The average Bonchev–Trinajstić information content (AvgIpc) is 2.50. The molecule has 1 aromatic rings. The van der Waals surface area contributed by atoms with Gasteiger partial charge in [0.1, 0.15) is 17.4 Å². The number of para-hydroxylation sites is 1. The molecule has 1 amide bonds. The van der Waals surface area contributed by atoms with Gasteiger partial charge < -0.3 is 14.3 Å². The summed E-state index contributed by atoms with van der Waals surface area (Å²) in [6.07, 6.45) is -0.298. The van der Waals surface area contributed by atoms with Crippen molar-refractivity contribution < 1.29 is 24.0 Å². The lowest BCUT2D eigenvalue weighted by atomic mass is 9.90. The maximum atomic E-state index is 12.3. The van der Waals surface area contributed by atoms with E-state index in [-0.39, 0.29) is 17.0 Å². The second-order valence-electron chi connectivity index (χ2n) is 6.42. The van der Waals surface area contributed by atoms with E-state index in [9.17, 15) is 19.7 Å². The molecule has 8 nitrogen and oxygen atoms in total. The molecule has 0 aliphatic heterocycles. The zero-order chi connectivity index (χ0) is 18.7. The minimum atomic E-state index is -1.60. The van der Waals surface area contributed by atoms with Crippen molar-refractivity contribution in [1.29, 1.82) is 0 Å². The molecule has 0 spiro atoms. The fourth-order valence-corrected chi connectivity index (χ4v) is 2.13. The number of rotatable bonds is 5. The highest BCUT2D eigenvalue weighted by atomic mass is 16.6. The molecule has 1 rings (SSSR count). The number of carbonyl (C=O) groups is 2. The number of likely N-dealkylation sites (N-methyl/N-ethyl adjacent to an activating group) is 1. The van der Waals surface area contributed by atoms with Crippen LogP contribution in [-0.4, -0.2) is 42.0 Å². The van der Waals surface area contributed by atoms with Gasteiger partial charge in [-0.1, -0.05) is 6.07 Å². The van der Waals surface area contributed by atoms with Crippen molar-refractivity contribution in [3.63, 3.8) is 0 Å². The Morgan fingerprint density at radius 1 is 1.29 bits per heavy atom. The van der Waals surface area contributed by atoms with Crippen LogP contribution in [0.1, 0.15) is 33.3 Å². The Labute approximate surface area is 140 Å². The SMILES string of the molecule is COc1cccc(C(C)(C=O)N(C)C(=O)OC(C)(C)C)c1[N+](=O)[O-]. The van der Waals surface area contributed by atoms with Crippen molar-refractivity contribution in [2.45, 2.75) is 38.8 Å². The Hall–Kier alpha value is -2.64. The summed E-state index contributed by atoms with van der Waals surface area (Å²) in [5.74, 6) is 0.00293. The third-order valence-corrected chi connectivity index (χ3v) is 3.54. The molecule has 0 aliphatic rings. The minimum absolute atomic E-state index is 0.00293. The van der Waals surface area contributed by atoms with E-state index in [0.717, 1.165) is 4.90 Å². The number of nitro groups is 1. The van der Waals surface area contributed by atoms with Crippen LogP contribution in [0.3, 0.4) is 0 Å². The second kappa shape index (κ2) is 6.86. The zero-order valence-electron chi connectivity index (χ0n) is 14.7. The van der Waals surface area contributed by atoms with Crippen LogP contribution < -0.4 is 4.74 Å². The fraction of sp³-hybridized carbons (Fsp3) is 0.500. The first-order valence-electron chi connectivity index (χ1n) is 7.23. The summed E-state index contributed by atoms with van der Waals surface area (Å²) in [6, 6.07) is 4.35. The first-order valence-corrected chi connectivity index (χ1v) is 7.23. The van der Waals surface area contributed by atoms with Crippen LogP contribution in [-0.2, 0) is 15.1 Å². The number of methoxy groups -OCH3 is 1. The Morgan fingerprint density at radius 2 is 1.88 bits per heavy atom. The highest BCUT2D eigenvalue weighted by Gasteiger charge is 2.42. The van der Waals surface area contributed by atoms with Crippen LogP contribution in [0, 0.1) is 10.1 Å². The number of benzene rings is 1. The van der Waals surface area contributed by atoms with Gasteiger partial charge in [0.2, 0.25) is 0 Å². The molecule has 0 N–H and O–H groups in total. The molecular weight excluding hydrogens is 316 g/mol. The molecule has 1 unspecified atom stereocenters. The molecule has 0 fully saturated rings. The zero-order valence-corrected chi connectivity index (χ0v) is 14.7. The van der Waals surface area contributed by atoms with E-state index in [1.54, 1.807) is 20.8 Å². The molecule has 0 saturated carbocycles. The van der Waals surface area contributed by atoms with Gasteiger partial charge >= 0.3 is 11.8 Å². The van der Waals surface area contributed by atoms with Gasteiger partial charge in [0.15, 0.2) is 5.75 Å². The van der Waals surface area contributed by atoms with Gasteiger partial charge in [0.05, 0.1) is 17.6 Å². The van der Waals surface area contributed by atoms with Crippen LogP contribution in [0.15, 0.2) is 18.2 Å². The van der Waals surface area contributed by atoms with E-state index >= 15 is 0 Å². The molecule has 24 heavy (non-hydrogen) atoms. The van der Waals surface area contributed by atoms with E-state index in [1.165, 1.54) is 39.3 Å². The summed E-state index contributed by atoms with van der Waals surface area (Å²) in [7, 11) is 2.65. The van der Waals surface area contributed by atoms with Gasteiger partial charge in [-0.05, 0) is 39.8 Å². The van der Waals surface area contributed by atoms with Gasteiger partial charge in [-0.25, -0.2) is 4.79 Å². The lowest BCUT2D eigenvalue weighted by Gasteiger charge is -2.35. The summed E-state index contributed by atoms with van der Waals surface area (Å²) in [5.41, 5.74) is -2.70. The predicted octanol–water partition coefficient (Wildman–Crippen LogP) is 2.88. The van der Waals surface area contributed by atoms with Gasteiger partial charge in [-0.3, -0.25) is 15.0 Å². The Bertz CT molecular complexity index is 652. The maximum Gasteiger partial charge on any atom is 0.411 e. The molecule has 0 heterocycles. The fourth-order valence-electron chi connectivity index (χ4n) is 2.13. The van der Waals surface area contributed by atoms with Crippen LogP contribution in [0.25, 0.3) is 0 Å². The number of nitrogens with zero attached hydrogens (tertiary/aromatic N) is 2. The number of carbonyl (C=O) groups excluding carboxylic acids is 2. The Kier molecular flexibility index (Phi) is 5.54. The summed E-state index contributed by atoms with van der Waals surface area (Å²) in [6.45, 7) is 6.46. The summed E-state index contributed by atoms with van der Waals surface area (Å²) in [4.78, 5) is 36.0. The molecule has 8 heteroatoms. The van der Waals surface area contributed by atoms with Crippen molar-refractivity contribution in [1.82, 2.24) is 4.90 Å². The van der Waals surface area contributed by atoms with Gasteiger partial charge in [0.25, 0.3) is 0 Å². The molecule has 0 saturated heterocycles. The van der Waals surface area contributed by atoms with E-state index in [1.807, 2.05) is 0 Å². The number of ether oxygens (including phenoxy) is 2. The molecule has 0 aromatic heterocycles. The van der Waals surface area contributed by atoms with E-state index < -0.39 is 22.2 Å². The molecular formula is C16H22N2O6.